The van der Waals surface area contributed by atoms with Crippen molar-refractivity contribution >= 4 is 35.5 Å². The highest BCUT2D eigenvalue weighted by atomic mass is 127. The summed E-state index contributed by atoms with van der Waals surface area (Å²) in [5.74, 6) is -2.67. The van der Waals surface area contributed by atoms with Gasteiger partial charge in [-0.1, -0.05) is 11.6 Å². The summed E-state index contributed by atoms with van der Waals surface area (Å²) < 4.78 is 33.0. The number of carbonyl (C=O) groups is 4. The van der Waals surface area contributed by atoms with E-state index in [2.05, 4.69) is 0 Å². The van der Waals surface area contributed by atoms with Gasteiger partial charge in [0.2, 0.25) is 0 Å². The third-order valence-corrected chi connectivity index (χ3v) is 4.90. The SMILES string of the molecule is CC(=O)OC[C@H]1O[C@@H](OCC[N+](C)(C)CCl)[C@H](OC(C)=O)[C@@H](OC(C)=O)[C@@H]1OC(C)=O.[I-]. The Bertz CT molecular complexity index is 662. The van der Waals surface area contributed by atoms with Crippen LogP contribution in [0.2, 0.25) is 0 Å². The number of carbonyl (C=O) groups excluding carboxylic acids is 4. The molecule has 32 heavy (non-hydrogen) atoms. The van der Waals surface area contributed by atoms with Crippen LogP contribution >= 0.6 is 11.6 Å². The van der Waals surface area contributed by atoms with Gasteiger partial charge in [-0.25, -0.2) is 0 Å². The predicted molar refractivity (Wildman–Crippen MR) is 106 cm³/mol. The van der Waals surface area contributed by atoms with Gasteiger partial charge < -0.3 is 56.9 Å². The summed E-state index contributed by atoms with van der Waals surface area (Å²) >= 11 is 5.92. The highest BCUT2D eigenvalue weighted by Gasteiger charge is 2.52. The van der Waals surface area contributed by atoms with Crippen molar-refractivity contribution in [3.05, 3.63) is 0 Å². The Kier molecular flexibility index (Phi) is 13.6. The van der Waals surface area contributed by atoms with E-state index < -0.39 is 54.6 Å². The van der Waals surface area contributed by atoms with Crippen molar-refractivity contribution in [3.63, 3.8) is 0 Å². The molecule has 0 aromatic heterocycles. The Morgan fingerprint density at radius 1 is 0.844 bits per heavy atom. The lowest BCUT2D eigenvalue weighted by Gasteiger charge is -2.44. The number of likely N-dealkylation sites (N-methyl/N-ethyl adjacent to an activating group) is 1. The molecule has 0 saturated carbocycles. The maximum Gasteiger partial charge on any atom is 0.303 e. The molecule has 13 heteroatoms. The predicted octanol–water partition coefficient (Wildman–Crippen LogP) is -2.64. The second-order valence-electron chi connectivity index (χ2n) is 7.72. The Morgan fingerprint density at radius 2 is 1.34 bits per heavy atom. The number of esters is 4. The summed E-state index contributed by atoms with van der Waals surface area (Å²) in [7, 11) is 3.78. The van der Waals surface area contributed by atoms with E-state index in [0.717, 1.165) is 13.8 Å². The van der Waals surface area contributed by atoms with Crippen LogP contribution in [0.4, 0.5) is 0 Å². The van der Waals surface area contributed by atoms with Crippen molar-refractivity contribution in [1.82, 2.24) is 0 Å². The molecule has 0 unspecified atom stereocenters. The Labute approximate surface area is 209 Å². The maximum absolute atomic E-state index is 11.8. The summed E-state index contributed by atoms with van der Waals surface area (Å²) in [6, 6.07) is 0.335. The number of halogens is 2. The van der Waals surface area contributed by atoms with Crippen molar-refractivity contribution in [2.45, 2.75) is 58.4 Å². The fourth-order valence-electron chi connectivity index (χ4n) is 2.80. The van der Waals surface area contributed by atoms with Crippen molar-refractivity contribution in [1.29, 1.82) is 0 Å². The molecule has 0 radical (unpaired) electrons. The fraction of sp³-hybridized carbons (Fsp3) is 0.789. The number of rotatable bonds is 10. The Balaban J connectivity index is 0.00000961. The lowest BCUT2D eigenvalue weighted by molar-refractivity contribution is -0.879. The second-order valence-corrected chi connectivity index (χ2v) is 7.96. The third kappa shape index (κ3) is 10.6. The molecule has 0 spiro atoms. The van der Waals surface area contributed by atoms with Crippen LogP contribution in [0.5, 0.6) is 0 Å². The molecular weight excluding hydrogens is 565 g/mol. The molecule has 1 rings (SSSR count). The van der Waals surface area contributed by atoms with Gasteiger partial charge in [-0.15, -0.1) is 0 Å². The minimum absolute atomic E-state index is 0. The van der Waals surface area contributed by atoms with Crippen LogP contribution in [0.25, 0.3) is 0 Å². The van der Waals surface area contributed by atoms with Gasteiger partial charge in [-0.05, 0) is 0 Å². The number of nitrogens with zero attached hydrogens (tertiary/aromatic N) is 1. The molecule has 0 N–H and O–H groups in total. The van der Waals surface area contributed by atoms with E-state index in [1.54, 1.807) is 0 Å². The van der Waals surface area contributed by atoms with E-state index in [1.807, 2.05) is 14.1 Å². The van der Waals surface area contributed by atoms with E-state index in [0.29, 0.717) is 17.0 Å². The zero-order valence-electron chi connectivity index (χ0n) is 19.0. The summed E-state index contributed by atoms with van der Waals surface area (Å²) in [5.41, 5.74) is 0. The van der Waals surface area contributed by atoms with Crippen molar-refractivity contribution < 1.29 is 76.1 Å². The number of hydrogen-bond donors (Lipinski definition) is 0. The topological polar surface area (TPSA) is 124 Å². The smallest absolute Gasteiger partial charge is 0.303 e. The summed E-state index contributed by atoms with van der Waals surface area (Å²) in [6.07, 6.45) is -5.91. The summed E-state index contributed by atoms with van der Waals surface area (Å²) in [4.78, 5) is 46.4. The van der Waals surface area contributed by atoms with Crippen molar-refractivity contribution in [3.8, 4) is 0 Å². The number of quaternary nitrogens is 1. The molecule has 1 aliphatic heterocycles. The monoisotopic (exact) mass is 595 g/mol. The molecule has 0 aromatic carbocycles. The van der Waals surface area contributed by atoms with Gasteiger partial charge in [-0.2, -0.15) is 0 Å². The lowest BCUT2D eigenvalue weighted by Crippen LogP contribution is -3.00. The van der Waals surface area contributed by atoms with Gasteiger partial charge in [0.05, 0.1) is 20.7 Å². The molecule has 1 heterocycles. The van der Waals surface area contributed by atoms with Gasteiger partial charge >= 0.3 is 23.9 Å². The average Bonchev–Trinajstić information content (AvgIpc) is 2.63. The first-order valence-electron chi connectivity index (χ1n) is 9.66. The summed E-state index contributed by atoms with van der Waals surface area (Å²) in [5, 5.41) is 0. The molecule has 5 atom stereocenters. The van der Waals surface area contributed by atoms with Gasteiger partial charge in [0.15, 0.2) is 30.6 Å². The van der Waals surface area contributed by atoms with Gasteiger partial charge in [-0.3, -0.25) is 19.2 Å². The third-order valence-electron chi connectivity index (χ3n) is 4.25. The normalized spacial score (nSPS) is 25.2. The average molecular weight is 596 g/mol. The number of alkyl halides is 1. The van der Waals surface area contributed by atoms with E-state index in [-0.39, 0.29) is 37.2 Å². The van der Waals surface area contributed by atoms with Crippen LogP contribution in [0, 0.1) is 0 Å². The van der Waals surface area contributed by atoms with Crippen molar-refractivity contribution in [2.24, 2.45) is 0 Å². The van der Waals surface area contributed by atoms with Crippen LogP contribution in [-0.2, 0) is 47.6 Å². The minimum Gasteiger partial charge on any atom is -1.00 e. The fourth-order valence-corrected chi connectivity index (χ4v) is 2.92. The molecule has 1 saturated heterocycles. The Morgan fingerprint density at radius 3 is 1.81 bits per heavy atom. The van der Waals surface area contributed by atoms with Crippen LogP contribution in [0.1, 0.15) is 27.7 Å². The van der Waals surface area contributed by atoms with Crippen molar-refractivity contribution in [2.75, 3.05) is 39.9 Å². The van der Waals surface area contributed by atoms with Gasteiger partial charge in [0.1, 0.15) is 19.3 Å². The first kappa shape index (κ1) is 30.8. The molecule has 0 bridgehead atoms. The summed E-state index contributed by atoms with van der Waals surface area (Å²) in [6.45, 7) is 5.03. The molecule has 1 aliphatic rings. The van der Waals surface area contributed by atoms with E-state index in [4.69, 9.17) is 40.0 Å². The molecule has 11 nitrogen and oxygen atoms in total. The first-order chi connectivity index (χ1) is 14.4. The first-order valence-corrected chi connectivity index (χ1v) is 10.2. The zero-order chi connectivity index (χ0) is 23.8. The van der Waals surface area contributed by atoms with Gasteiger partial charge in [0.25, 0.3) is 0 Å². The molecule has 1 fully saturated rings. The molecule has 186 valence electrons. The molecule has 0 amide bonds. The zero-order valence-corrected chi connectivity index (χ0v) is 21.9. The van der Waals surface area contributed by atoms with Gasteiger partial charge in [0, 0.05) is 27.7 Å². The second kappa shape index (κ2) is 14.1. The molecule has 0 aromatic rings. The van der Waals surface area contributed by atoms with Crippen LogP contribution < -0.4 is 24.0 Å². The number of ether oxygens (including phenoxy) is 6. The van der Waals surface area contributed by atoms with E-state index in [9.17, 15) is 19.2 Å². The van der Waals surface area contributed by atoms with E-state index in [1.165, 1.54) is 13.8 Å². The van der Waals surface area contributed by atoms with Crippen LogP contribution in [0.3, 0.4) is 0 Å². The maximum atomic E-state index is 11.8. The highest BCUT2D eigenvalue weighted by Crippen LogP contribution is 2.30. The quantitative estimate of drug-likeness (QED) is 0.0662. The Hall–Kier alpha value is -1.22. The minimum atomic E-state index is -1.25. The standard InChI is InChI=1S/C19H31ClNO10.HI/c1-11(22)27-9-15-16(28-12(2)23)17(29-13(3)24)18(30-14(4)25)19(31-15)26-8-7-21(5,6)10-20;/h15-19H,7-10H2,1-6H3;1H/q+1;/p-1/t15-,16-,17+,18-,19-;/m1./s1. The lowest BCUT2D eigenvalue weighted by atomic mass is 9.98. The van der Waals surface area contributed by atoms with Crippen LogP contribution in [-0.4, -0.2) is 98.9 Å². The van der Waals surface area contributed by atoms with Crippen LogP contribution in [0.15, 0.2) is 0 Å². The highest BCUT2D eigenvalue weighted by molar-refractivity contribution is 6.16. The largest absolute Gasteiger partial charge is 1.00 e. The van der Waals surface area contributed by atoms with E-state index >= 15 is 0 Å². The molecular formula is C19H31ClINO10. The molecule has 0 aliphatic carbocycles. The number of hydrogen-bond acceptors (Lipinski definition) is 10.